The number of amides is 2. The first-order chi connectivity index (χ1) is 13.0. The molecule has 2 aliphatic heterocycles. The maximum absolute atomic E-state index is 12.6. The summed E-state index contributed by atoms with van der Waals surface area (Å²) >= 11 is 0. The van der Waals surface area contributed by atoms with Gasteiger partial charge in [-0.25, -0.2) is 4.79 Å². The van der Waals surface area contributed by atoms with Gasteiger partial charge in [-0.15, -0.1) is 12.4 Å². The number of rotatable bonds is 5. The van der Waals surface area contributed by atoms with Crippen LogP contribution in [-0.4, -0.2) is 58.1 Å². The normalized spacial score (nSPS) is 21.8. The van der Waals surface area contributed by atoms with Crippen LogP contribution in [0.1, 0.15) is 25.7 Å². The monoisotopic (exact) mass is 413 g/mol. The number of aromatic nitrogens is 2. The maximum Gasteiger partial charge on any atom is 0.331 e. The van der Waals surface area contributed by atoms with Crippen molar-refractivity contribution in [2.45, 2.75) is 38.3 Å². The van der Waals surface area contributed by atoms with Gasteiger partial charge in [0.2, 0.25) is 11.8 Å². The van der Waals surface area contributed by atoms with E-state index < -0.39 is 11.2 Å². The molecule has 2 saturated heterocycles. The van der Waals surface area contributed by atoms with E-state index in [-0.39, 0.29) is 42.7 Å². The van der Waals surface area contributed by atoms with Crippen molar-refractivity contribution in [3.8, 4) is 0 Å². The lowest BCUT2D eigenvalue weighted by atomic mass is 9.97. The Balaban J connectivity index is 0.00000280. The second-order valence-electron chi connectivity index (χ2n) is 7.37. The van der Waals surface area contributed by atoms with Crippen LogP contribution in [0.3, 0.4) is 0 Å². The van der Waals surface area contributed by atoms with Gasteiger partial charge in [-0.3, -0.25) is 23.5 Å². The molecule has 0 bridgehead atoms. The molecule has 1 aromatic heterocycles. The SMILES string of the molecule is Cl.Cn1c(=O)ccn(CC(=O)N2CCCC(CNC(=O)C3CCCN3)C2)c1=O. The smallest absolute Gasteiger partial charge is 0.331 e. The Hall–Kier alpha value is -2.13. The molecule has 2 unspecified atom stereocenters. The number of carbonyl (C=O) groups excluding carboxylic acids is 2. The Morgan fingerprint density at radius 3 is 2.75 bits per heavy atom. The standard InChI is InChI=1S/C18H27N5O4.ClH/c1-21-15(24)6-9-23(18(21)27)12-16(25)22-8-3-4-13(11-22)10-20-17(26)14-5-2-7-19-14;/h6,9,13-14,19H,2-5,7-8,10-12H2,1H3,(H,20,26);1H. The van der Waals surface area contributed by atoms with Gasteiger partial charge in [-0.2, -0.15) is 0 Å². The van der Waals surface area contributed by atoms with Gasteiger partial charge in [0, 0.05) is 38.9 Å². The van der Waals surface area contributed by atoms with Crippen LogP contribution in [0.25, 0.3) is 0 Å². The molecule has 0 aliphatic carbocycles. The molecule has 2 atom stereocenters. The van der Waals surface area contributed by atoms with Crippen LogP contribution >= 0.6 is 12.4 Å². The average molecular weight is 414 g/mol. The molecule has 28 heavy (non-hydrogen) atoms. The summed E-state index contributed by atoms with van der Waals surface area (Å²) in [5.41, 5.74) is -0.894. The zero-order valence-electron chi connectivity index (χ0n) is 16.1. The molecule has 10 heteroatoms. The second kappa shape index (κ2) is 9.88. The van der Waals surface area contributed by atoms with E-state index >= 15 is 0 Å². The van der Waals surface area contributed by atoms with Gasteiger partial charge >= 0.3 is 5.69 Å². The predicted molar refractivity (Wildman–Crippen MR) is 107 cm³/mol. The van der Waals surface area contributed by atoms with E-state index in [1.165, 1.54) is 23.9 Å². The first kappa shape index (κ1) is 22.2. The summed E-state index contributed by atoms with van der Waals surface area (Å²) in [5.74, 6) is 0.0989. The van der Waals surface area contributed by atoms with Crippen molar-refractivity contribution >= 4 is 24.2 Å². The van der Waals surface area contributed by atoms with Crippen LogP contribution in [0.5, 0.6) is 0 Å². The van der Waals surface area contributed by atoms with Gasteiger partial charge < -0.3 is 15.5 Å². The molecule has 156 valence electrons. The van der Waals surface area contributed by atoms with Crippen molar-refractivity contribution in [2.24, 2.45) is 13.0 Å². The minimum Gasteiger partial charge on any atom is -0.354 e. The fourth-order valence-corrected chi connectivity index (χ4v) is 3.72. The van der Waals surface area contributed by atoms with E-state index in [0.717, 1.165) is 36.8 Å². The molecule has 2 N–H and O–H groups in total. The molecular formula is C18H28ClN5O4. The summed E-state index contributed by atoms with van der Waals surface area (Å²) in [7, 11) is 1.39. The van der Waals surface area contributed by atoms with Crippen molar-refractivity contribution in [3.05, 3.63) is 33.1 Å². The fraction of sp³-hybridized carbons (Fsp3) is 0.667. The molecule has 0 radical (unpaired) electrons. The number of hydrogen-bond acceptors (Lipinski definition) is 5. The quantitative estimate of drug-likeness (QED) is 0.649. The number of hydrogen-bond donors (Lipinski definition) is 2. The van der Waals surface area contributed by atoms with Crippen LogP contribution in [0.15, 0.2) is 21.9 Å². The minimum absolute atomic E-state index is 0. The molecule has 0 aromatic carbocycles. The fourth-order valence-electron chi connectivity index (χ4n) is 3.72. The number of halogens is 1. The lowest BCUT2D eigenvalue weighted by Crippen LogP contribution is -2.48. The maximum atomic E-state index is 12.6. The van der Waals surface area contributed by atoms with Crippen LogP contribution in [0, 0.1) is 5.92 Å². The molecule has 9 nitrogen and oxygen atoms in total. The van der Waals surface area contributed by atoms with E-state index in [1.54, 1.807) is 4.90 Å². The van der Waals surface area contributed by atoms with E-state index in [4.69, 9.17) is 0 Å². The molecule has 0 saturated carbocycles. The van der Waals surface area contributed by atoms with Crippen molar-refractivity contribution in [1.29, 1.82) is 0 Å². The summed E-state index contributed by atoms with van der Waals surface area (Å²) in [5, 5.41) is 6.17. The van der Waals surface area contributed by atoms with Gasteiger partial charge in [0.25, 0.3) is 5.56 Å². The molecule has 1 aromatic rings. The Morgan fingerprint density at radius 1 is 1.25 bits per heavy atom. The van der Waals surface area contributed by atoms with Crippen molar-refractivity contribution in [3.63, 3.8) is 0 Å². The Bertz CT molecular complexity index is 815. The van der Waals surface area contributed by atoms with Crippen molar-refractivity contribution in [2.75, 3.05) is 26.2 Å². The van der Waals surface area contributed by atoms with Gasteiger partial charge in [0.1, 0.15) is 6.54 Å². The largest absolute Gasteiger partial charge is 0.354 e. The summed E-state index contributed by atoms with van der Waals surface area (Å²) in [4.78, 5) is 50.0. The summed E-state index contributed by atoms with van der Waals surface area (Å²) in [6.45, 7) is 2.57. The minimum atomic E-state index is -0.499. The molecule has 2 amide bonds. The van der Waals surface area contributed by atoms with Gasteiger partial charge in [0.15, 0.2) is 0 Å². The third-order valence-corrected chi connectivity index (χ3v) is 5.38. The summed E-state index contributed by atoms with van der Waals surface area (Å²) in [6, 6.07) is 1.18. The molecule has 2 aliphatic rings. The average Bonchev–Trinajstić information content (AvgIpc) is 3.21. The molecule has 3 rings (SSSR count). The number of nitrogens with zero attached hydrogens (tertiary/aromatic N) is 3. The van der Waals surface area contributed by atoms with E-state index in [1.807, 2.05) is 0 Å². The zero-order chi connectivity index (χ0) is 19.4. The topological polar surface area (TPSA) is 105 Å². The number of carbonyl (C=O) groups is 2. The third-order valence-electron chi connectivity index (χ3n) is 5.38. The molecular weight excluding hydrogens is 386 g/mol. The lowest BCUT2D eigenvalue weighted by molar-refractivity contribution is -0.133. The highest BCUT2D eigenvalue weighted by Crippen LogP contribution is 2.16. The highest BCUT2D eigenvalue weighted by Gasteiger charge is 2.26. The van der Waals surface area contributed by atoms with Gasteiger partial charge in [-0.1, -0.05) is 0 Å². The number of likely N-dealkylation sites (tertiary alicyclic amines) is 1. The van der Waals surface area contributed by atoms with Crippen LogP contribution < -0.4 is 21.9 Å². The number of nitrogens with one attached hydrogen (secondary N) is 2. The predicted octanol–water partition coefficient (Wildman–Crippen LogP) is -0.924. The second-order valence-corrected chi connectivity index (χ2v) is 7.37. The van der Waals surface area contributed by atoms with E-state index in [0.29, 0.717) is 19.6 Å². The first-order valence-corrected chi connectivity index (χ1v) is 9.51. The molecule has 3 heterocycles. The Kier molecular flexibility index (Phi) is 7.82. The zero-order valence-corrected chi connectivity index (χ0v) is 16.9. The highest BCUT2D eigenvalue weighted by atomic mass is 35.5. The molecule has 2 fully saturated rings. The summed E-state index contributed by atoms with van der Waals surface area (Å²) in [6.07, 6.45) is 5.08. The van der Waals surface area contributed by atoms with Crippen LogP contribution in [-0.2, 0) is 23.2 Å². The van der Waals surface area contributed by atoms with E-state index in [2.05, 4.69) is 10.6 Å². The van der Waals surface area contributed by atoms with Crippen LogP contribution in [0.2, 0.25) is 0 Å². The summed E-state index contributed by atoms with van der Waals surface area (Å²) < 4.78 is 2.24. The van der Waals surface area contributed by atoms with Crippen molar-refractivity contribution < 1.29 is 9.59 Å². The van der Waals surface area contributed by atoms with Gasteiger partial charge in [0.05, 0.1) is 6.04 Å². The Labute approximate surface area is 169 Å². The Morgan fingerprint density at radius 2 is 2.04 bits per heavy atom. The molecule has 0 spiro atoms. The van der Waals surface area contributed by atoms with Gasteiger partial charge in [-0.05, 0) is 38.1 Å². The third kappa shape index (κ3) is 5.23. The first-order valence-electron chi connectivity index (χ1n) is 9.51. The van der Waals surface area contributed by atoms with Crippen LogP contribution in [0.4, 0.5) is 0 Å². The lowest BCUT2D eigenvalue weighted by Gasteiger charge is -2.33. The van der Waals surface area contributed by atoms with Crippen molar-refractivity contribution in [1.82, 2.24) is 24.7 Å². The number of piperidine rings is 1. The van der Waals surface area contributed by atoms with E-state index in [9.17, 15) is 19.2 Å². The highest BCUT2D eigenvalue weighted by molar-refractivity contribution is 5.85.